The Morgan fingerprint density at radius 1 is 1.21 bits per heavy atom. The maximum absolute atomic E-state index is 13.4. The summed E-state index contributed by atoms with van der Waals surface area (Å²) in [4.78, 5) is 31.5. The zero-order valence-corrected chi connectivity index (χ0v) is 17.9. The molecule has 174 valence electrons. The van der Waals surface area contributed by atoms with Crippen LogP contribution in [-0.4, -0.2) is 50.0 Å². The number of amides is 1. The molecule has 5 rings (SSSR count). The summed E-state index contributed by atoms with van der Waals surface area (Å²) in [6, 6.07) is 7.85. The number of carbonyl (C=O) groups is 2. The van der Waals surface area contributed by atoms with Gasteiger partial charge in [-0.3, -0.25) is 9.59 Å². The molecule has 0 bridgehead atoms. The third-order valence-electron chi connectivity index (χ3n) is 6.14. The Balaban J connectivity index is 1.34. The standard InChI is InChI=1S/C22H21F2N3O6/c1-21(11-31-14-9-16-15(8-13(14)21)32-22(23,24)33-16)20(29)26-17-4-3-5-18(25-17)27-7-6-12(10-27)19(28)30-2/h3-5,8-9,12H,6-7,10-11H2,1-2H3,(H,25,26,29)/t12-,21+/m1/s1. The van der Waals surface area contributed by atoms with Gasteiger partial charge in [-0.2, -0.15) is 0 Å². The number of hydrogen-bond donors (Lipinski definition) is 1. The predicted molar refractivity (Wildman–Crippen MR) is 111 cm³/mol. The van der Waals surface area contributed by atoms with Gasteiger partial charge in [-0.25, -0.2) is 4.98 Å². The second kappa shape index (κ2) is 7.46. The number of carbonyl (C=O) groups excluding carboxylic acids is 2. The van der Waals surface area contributed by atoms with Crippen LogP contribution in [-0.2, 0) is 19.7 Å². The maximum atomic E-state index is 13.4. The number of alkyl halides is 2. The lowest BCUT2D eigenvalue weighted by Gasteiger charge is -2.22. The number of esters is 1. The average Bonchev–Trinajstić information content (AvgIpc) is 3.47. The molecule has 1 aromatic carbocycles. The van der Waals surface area contributed by atoms with E-state index in [0.29, 0.717) is 36.7 Å². The van der Waals surface area contributed by atoms with Gasteiger partial charge in [-0.05, 0) is 31.5 Å². The van der Waals surface area contributed by atoms with Crippen molar-refractivity contribution >= 4 is 23.5 Å². The van der Waals surface area contributed by atoms with Gasteiger partial charge >= 0.3 is 12.3 Å². The molecule has 3 aliphatic rings. The summed E-state index contributed by atoms with van der Waals surface area (Å²) < 4.78 is 46.2. The lowest BCUT2D eigenvalue weighted by Crippen LogP contribution is -2.39. The molecule has 1 aromatic heterocycles. The fourth-order valence-electron chi connectivity index (χ4n) is 4.27. The monoisotopic (exact) mass is 461 g/mol. The van der Waals surface area contributed by atoms with E-state index < -0.39 is 17.6 Å². The number of benzene rings is 1. The van der Waals surface area contributed by atoms with Crippen LogP contribution >= 0.6 is 0 Å². The molecule has 1 amide bonds. The SMILES string of the molecule is COC(=O)[C@@H]1CCN(c2cccc(NC(=O)[C@@]3(C)COc4cc5c(cc43)OC(F)(F)O5)n2)C1. The Labute approximate surface area is 187 Å². The van der Waals surface area contributed by atoms with Gasteiger partial charge in [-0.15, -0.1) is 8.78 Å². The lowest BCUT2D eigenvalue weighted by molar-refractivity contribution is -0.286. The molecule has 9 nitrogen and oxygen atoms in total. The minimum absolute atomic E-state index is 0.0140. The Morgan fingerprint density at radius 3 is 2.73 bits per heavy atom. The highest BCUT2D eigenvalue weighted by Gasteiger charge is 2.49. The second-order valence-corrected chi connectivity index (χ2v) is 8.37. The van der Waals surface area contributed by atoms with Crippen LogP contribution in [0.3, 0.4) is 0 Å². The molecule has 1 saturated heterocycles. The van der Waals surface area contributed by atoms with Crippen molar-refractivity contribution in [3.63, 3.8) is 0 Å². The van der Waals surface area contributed by atoms with Gasteiger partial charge in [0.25, 0.3) is 0 Å². The zero-order chi connectivity index (χ0) is 23.4. The topological polar surface area (TPSA) is 99.2 Å². The summed E-state index contributed by atoms with van der Waals surface area (Å²) in [6.07, 6.45) is -3.10. The van der Waals surface area contributed by atoms with E-state index in [-0.39, 0.29) is 35.7 Å². The number of aromatic nitrogens is 1. The summed E-state index contributed by atoms with van der Waals surface area (Å²) >= 11 is 0. The van der Waals surface area contributed by atoms with Crippen molar-refractivity contribution in [2.45, 2.75) is 25.1 Å². The second-order valence-electron chi connectivity index (χ2n) is 8.37. The normalized spacial score (nSPS) is 24.2. The van der Waals surface area contributed by atoms with Crippen LogP contribution in [0.5, 0.6) is 17.2 Å². The molecule has 1 fully saturated rings. The van der Waals surface area contributed by atoms with Crippen LogP contribution in [0.1, 0.15) is 18.9 Å². The quantitative estimate of drug-likeness (QED) is 0.694. The van der Waals surface area contributed by atoms with Gasteiger partial charge in [0, 0.05) is 24.7 Å². The first-order valence-corrected chi connectivity index (χ1v) is 10.4. The molecular formula is C22H21F2N3O6. The molecule has 0 aliphatic carbocycles. The van der Waals surface area contributed by atoms with Crippen molar-refractivity contribution in [3.05, 3.63) is 35.9 Å². The number of halogens is 2. The number of anilines is 2. The fourth-order valence-corrected chi connectivity index (χ4v) is 4.27. The molecule has 4 heterocycles. The molecule has 0 unspecified atom stereocenters. The van der Waals surface area contributed by atoms with Gasteiger partial charge in [0.1, 0.15) is 29.4 Å². The van der Waals surface area contributed by atoms with E-state index in [1.807, 2.05) is 4.90 Å². The minimum Gasteiger partial charge on any atom is -0.492 e. The van der Waals surface area contributed by atoms with Gasteiger partial charge in [0.2, 0.25) is 5.91 Å². The van der Waals surface area contributed by atoms with Crippen molar-refractivity contribution in [3.8, 4) is 17.2 Å². The highest BCUT2D eigenvalue weighted by atomic mass is 19.3. The summed E-state index contributed by atoms with van der Waals surface area (Å²) in [5.41, 5.74) is -0.746. The summed E-state index contributed by atoms with van der Waals surface area (Å²) in [5, 5.41) is 2.79. The molecule has 3 aliphatic heterocycles. The molecule has 2 aromatic rings. The van der Waals surface area contributed by atoms with Crippen molar-refractivity contribution in [1.29, 1.82) is 0 Å². The number of nitrogens with one attached hydrogen (secondary N) is 1. The van der Waals surface area contributed by atoms with Crippen molar-refractivity contribution in [1.82, 2.24) is 4.98 Å². The summed E-state index contributed by atoms with van der Waals surface area (Å²) in [6.45, 7) is 2.79. The van der Waals surface area contributed by atoms with Crippen molar-refractivity contribution in [2.24, 2.45) is 5.92 Å². The smallest absolute Gasteiger partial charge is 0.492 e. The number of ether oxygens (including phenoxy) is 4. The zero-order valence-electron chi connectivity index (χ0n) is 17.9. The highest BCUT2D eigenvalue weighted by molar-refractivity contribution is 5.99. The predicted octanol–water partition coefficient (Wildman–Crippen LogP) is 2.69. The first-order valence-electron chi connectivity index (χ1n) is 10.4. The Kier molecular flexibility index (Phi) is 4.80. The number of fused-ring (bicyclic) bond motifs is 2. The number of rotatable bonds is 4. The van der Waals surface area contributed by atoms with Gasteiger partial charge < -0.3 is 29.2 Å². The van der Waals surface area contributed by atoms with Crippen LogP contribution in [0.4, 0.5) is 20.4 Å². The average molecular weight is 461 g/mol. The number of nitrogens with zero attached hydrogens (tertiary/aromatic N) is 2. The molecule has 1 N–H and O–H groups in total. The van der Waals surface area contributed by atoms with Crippen LogP contribution in [0.25, 0.3) is 0 Å². The lowest BCUT2D eigenvalue weighted by atomic mass is 9.83. The first-order chi connectivity index (χ1) is 15.7. The van der Waals surface area contributed by atoms with E-state index in [2.05, 4.69) is 19.8 Å². The largest absolute Gasteiger partial charge is 0.586 e. The summed E-state index contributed by atoms with van der Waals surface area (Å²) in [7, 11) is 1.36. The van der Waals surface area contributed by atoms with Crippen LogP contribution in [0.15, 0.2) is 30.3 Å². The number of hydrogen-bond acceptors (Lipinski definition) is 8. The van der Waals surface area contributed by atoms with E-state index >= 15 is 0 Å². The van der Waals surface area contributed by atoms with E-state index in [4.69, 9.17) is 9.47 Å². The number of pyridine rings is 1. The molecule has 0 radical (unpaired) electrons. The third kappa shape index (κ3) is 3.66. The van der Waals surface area contributed by atoms with Gasteiger partial charge in [0.05, 0.1) is 13.0 Å². The molecular weight excluding hydrogens is 440 g/mol. The summed E-state index contributed by atoms with van der Waals surface area (Å²) in [5.74, 6) is 0.0331. The molecule has 0 saturated carbocycles. The Bertz CT molecular complexity index is 1140. The first kappa shape index (κ1) is 21.2. The van der Waals surface area contributed by atoms with E-state index in [1.54, 1.807) is 25.1 Å². The molecule has 2 atom stereocenters. The fraction of sp³-hybridized carbons (Fsp3) is 0.409. The van der Waals surface area contributed by atoms with Crippen molar-refractivity contribution < 1.29 is 37.3 Å². The maximum Gasteiger partial charge on any atom is 0.586 e. The Hall–Kier alpha value is -3.63. The minimum atomic E-state index is -3.76. The van der Waals surface area contributed by atoms with Crippen LogP contribution in [0.2, 0.25) is 0 Å². The molecule has 33 heavy (non-hydrogen) atoms. The Morgan fingerprint density at radius 2 is 1.97 bits per heavy atom. The third-order valence-corrected chi connectivity index (χ3v) is 6.14. The van der Waals surface area contributed by atoms with E-state index in [1.165, 1.54) is 19.2 Å². The highest BCUT2D eigenvalue weighted by Crippen LogP contribution is 2.50. The van der Waals surface area contributed by atoms with Gasteiger partial charge in [0.15, 0.2) is 11.5 Å². The van der Waals surface area contributed by atoms with Crippen LogP contribution < -0.4 is 24.4 Å². The van der Waals surface area contributed by atoms with Crippen molar-refractivity contribution in [2.75, 3.05) is 37.0 Å². The van der Waals surface area contributed by atoms with Crippen LogP contribution in [0, 0.1) is 5.92 Å². The van der Waals surface area contributed by atoms with Gasteiger partial charge in [-0.1, -0.05) is 6.07 Å². The molecule has 11 heteroatoms. The van der Waals surface area contributed by atoms with E-state index in [9.17, 15) is 18.4 Å². The number of methoxy groups -OCH3 is 1. The molecule has 0 spiro atoms. The van der Waals surface area contributed by atoms with E-state index in [0.717, 1.165) is 0 Å².